The van der Waals surface area contributed by atoms with Crippen LogP contribution in [0, 0.1) is 0 Å². The van der Waals surface area contributed by atoms with Gasteiger partial charge in [-0.25, -0.2) is 0 Å². The van der Waals surface area contributed by atoms with Crippen molar-refractivity contribution >= 4 is 11.0 Å². The molecule has 414 valence electrons. The second-order valence-corrected chi connectivity index (χ2v) is 18.5. The molecule has 5 aliphatic rings. The Morgan fingerprint density at radius 1 is 0.473 bits per heavy atom. The van der Waals surface area contributed by atoms with E-state index in [2.05, 4.69) is 0 Å². The van der Waals surface area contributed by atoms with Gasteiger partial charge in [-0.3, -0.25) is 4.79 Å². The molecule has 25 atom stereocenters. The average Bonchev–Trinajstić information content (AvgIpc) is 3.37. The number of phenols is 2. The summed E-state index contributed by atoms with van der Waals surface area (Å²) < 4.78 is 65.7. The second kappa shape index (κ2) is 22.9. The maximum absolute atomic E-state index is 14.9. The first-order valence-electron chi connectivity index (χ1n) is 23.3. The summed E-state index contributed by atoms with van der Waals surface area (Å²) in [4.78, 5) is 14.9. The number of benzene rings is 2. The minimum absolute atomic E-state index is 0.00668. The molecule has 1 aromatic heterocycles. The Labute approximate surface area is 417 Å². The number of fused-ring (bicyclic) bond motifs is 1. The first-order valence-corrected chi connectivity index (χ1v) is 23.3. The average molecular weight is 1060 g/mol. The van der Waals surface area contributed by atoms with Gasteiger partial charge in [0.1, 0.15) is 132 Å². The minimum Gasteiger partial charge on any atom is -0.508 e. The van der Waals surface area contributed by atoms with E-state index in [0.29, 0.717) is 0 Å². The Balaban J connectivity index is 1.26. The standard InChI is InChI=1S/C45H60O29/c1-12-23(51)28(56)32(60)41(64-12)66-16-7-17(50)22-18(8-16)67-37(14-3-5-15(49)6-4-14)38(27(22)55)72-45-40(74-44-35(63)31(59)26(54)21(11-48)70-44)39(73-43-34(62)30(58)25(53)20(10-47)69-43)36(13(2)65-45)71-42-33(61)29(57)24(52)19(9-46)68-42/h3-8,12-13,19-21,23-26,28-36,39-54,56-63H,9-11H2,1-2H3/t12-,13-,19+,20+,21+,23-,24+,25+,26+,28+,29-,30-,31-,32+,33+,34+,35+,36-,39+,40+,41-,42-,43-,44-,45-/m0/s1. The molecule has 5 saturated heterocycles. The molecule has 17 N–H and O–H groups in total. The fraction of sp³-hybridized carbons (Fsp3) is 0.667. The zero-order valence-electron chi connectivity index (χ0n) is 39.0. The lowest BCUT2D eigenvalue weighted by Gasteiger charge is -2.50. The molecule has 0 unspecified atom stereocenters. The summed E-state index contributed by atoms with van der Waals surface area (Å²) in [6.07, 6.45) is -46.8. The van der Waals surface area contributed by atoms with Crippen molar-refractivity contribution in [3.8, 4) is 34.3 Å². The van der Waals surface area contributed by atoms with Gasteiger partial charge in [-0.05, 0) is 38.1 Å². The number of hydrogen-bond acceptors (Lipinski definition) is 29. The molecule has 5 aliphatic heterocycles. The fourth-order valence-electron chi connectivity index (χ4n) is 9.16. The third-order valence-corrected chi connectivity index (χ3v) is 13.5. The van der Waals surface area contributed by atoms with Gasteiger partial charge in [-0.2, -0.15) is 0 Å². The normalized spacial score (nSPS) is 43.0. The molecule has 2 aromatic carbocycles. The SMILES string of the molecule is C[C@@H]1O[C@@H](Oc2cc(O)c3c(=O)c(O[C@@H]4O[C@@H](C)[C@H](O[C@@H]5O[C@H](CO)[C@@H](O)[C@H](O)[C@H]5O)[C@@H](O[C@@H]5O[C@H](CO)[C@@H](O)[C@H](O)[C@H]5O)[C@H]4O[C@@H]4O[C@H](CO)[C@@H](O)[C@H](O)[C@H]4O)c(-c4ccc(O)cc4)oc3c2)[C@H](O)[C@H](O)[C@H]1O. The van der Waals surface area contributed by atoms with Gasteiger partial charge in [-0.15, -0.1) is 0 Å². The van der Waals surface area contributed by atoms with Crippen LogP contribution in [0.25, 0.3) is 22.3 Å². The van der Waals surface area contributed by atoms with Crippen molar-refractivity contribution in [3.05, 3.63) is 46.6 Å². The molecule has 29 heteroatoms. The number of hydrogen-bond donors (Lipinski definition) is 17. The smallest absolute Gasteiger partial charge is 0.239 e. The first kappa shape index (κ1) is 56.1. The highest BCUT2D eigenvalue weighted by molar-refractivity contribution is 5.88. The van der Waals surface area contributed by atoms with E-state index >= 15 is 0 Å². The van der Waals surface area contributed by atoms with Crippen LogP contribution in [0.3, 0.4) is 0 Å². The van der Waals surface area contributed by atoms with E-state index in [1.807, 2.05) is 0 Å². The molecule has 0 amide bonds. The number of rotatable bonds is 14. The predicted molar refractivity (Wildman–Crippen MR) is 235 cm³/mol. The van der Waals surface area contributed by atoms with Crippen molar-refractivity contribution in [2.24, 2.45) is 0 Å². The van der Waals surface area contributed by atoms with E-state index < -0.39 is 207 Å². The molecule has 3 aromatic rings. The van der Waals surface area contributed by atoms with Crippen molar-refractivity contribution in [3.63, 3.8) is 0 Å². The summed E-state index contributed by atoms with van der Waals surface area (Å²) in [7, 11) is 0. The zero-order valence-corrected chi connectivity index (χ0v) is 39.0. The second-order valence-electron chi connectivity index (χ2n) is 18.5. The van der Waals surface area contributed by atoms with Crippen LogP contribution in [0.5, 0.6) is 23.0 Å². The van der Waals surface area contributed by atoms with Crippen LogP contribution in [0.4, 0.5) is 0 Å². The molecule has 0 saturated carbocycles. The summed E-state index contributed by atoms with van der Waals surface area (Å²) in [5.74, 6) is -2.68. The van der Waals surface area contributed by atoms with Gasteiger partial charge < -0.3 is 139 Å². The summed E-state index contributed by atoms with van der Waals surface area (Å²) in [5, 5.41) is 180. The molecule has 5 fully saturated rings. The van der Waals surface area contributed by atoms with Crippen LogP contribution in [0.1, 0.15) is 13.8 Å². The Morgan fingerprint density at radius 2 is 0.919 bits per heavy atom. The van der Waals surface area contributed by atoms with Crippen molar-refractivity contribution in [2.75, 3.05) is 19.8 Å². The molecule has 0 bridgehead atoms. The lowest BCUT2D eigenvalue weighted by molar-refractivity contribution is -0.400. The van der Waals surface area contributed by atoms with Crippen molar-refractivity contribution in [1.82, 2.24) is 0 Å². The molecule has 0 radical (unpaired) electrons. The van der Waals surface area contributed by atoms with E-state index in [-0.39, 0.29) is 17.1 Å². The maximum atomic E-state index is 14.9. The summed E-state index contributed by atoms with van der Waals surface area (Å²) in [5.41, 5.74) is -1.59. The number of ether oxygens (including phenoxy) is 10. The molecule has 0 aliphatic carbocycles. The van der Waals surface area contributed by atoms with Gasteiger partial charge in [0.05, 0.1) is 32.0 Å². The van der Waals surface area contributed by atoms with E-state index in [1.165, 1.54) is 38.1 Å². The predicted octanol–water partition coefficient (Wildman–Crippen LogP) is -7.24. The molecule has 74 heavy (non-hydrogen) atoms. The monoisotopic (exact) mass is 1060 g/mol. The van der Waals surface area contributed by atoms with Crippen LogP contribution in [0.2, 0.25) is 0 Å². The van der Waals surface area contributed by atoms with Gasteiger partial charge in [0.25, 0.3) is 0 Å². The van der Waals surface area contributed by atoms with E-state index in [4.69, 9.17) is 51.8 Å². The molecule has 8 rings (SSSR count). The lowest BCUT2D eigenvalue weighted by Crippen LogP contribution is -2.68. The van der Waals surface area contributed by atoms with Crippen LogP contribution >= 0.6 is 0 Å². The lowest BCUT2D eigenvalue weighted by atomic mass is 9.95. The zero-order chi connectivity index (χ0) is 53.8. The van der Waals surface area contributed by atoms with E-state index in [0.717, 1.165) is 12.1 Å². The summed E-state index contributed by atoms with van der Waals surface area (Å²) in [6, 6.07) is 6.94. The number of phenolic OH excluding ortho intramolecular Hbond substituents is 2. The number of aliphatic hydroxyl groups is 15. The Morgan fingerprint density at radius 3 is 1.42 bits per heavy atom. The quantitative estimate of drug-likeness (QED) is 0.0713. The molecule has 0 spiro atoms. The Hall–Kier alpha value is -4.07. The Kier molecular flexibility index (Phi) is 17.4. The van der Waals surface area contributed by atoms with Crippen LogP contribution in [-0.2, 0) is 37.9 Å². The third kappa shape index (κ3) is 10.8. The number of aromatic hydroxyl groups is 2. The van der Waals surface area contributed by atoms with Crippen LogP contribution in [-0.4, -0.2) is 260 Å². The highest BCUT2D eigenvalue weighted by Crippen LogP contribution is 2.41. The van der Waals surface area contributed by atoms with E-state index in [9.17, 15) is 91.6 Å². The van der Waals surface area contributed by atoms with Crippen LogP contribution in [0.15, 0.2) is 45.6 Å². The first-order chi connectivity index (χ1) is 35.1. The topological polar surface area (TPSA) is 466 Å². The molecular formula is C45H60O29. The van der Waals surface area contributed by atoms with Crippen molar-refractivity contribution in [1.29, 1.82) is 0 Å². The highest BCUT2D eigenvalue weighted by Gasteiger charge is 2.57. The van der Waals surface area contributed by atoms with E-state index in [1.54, 1.807) is 0 Å². The minimum atomic E-state index is -2.20. The Bertz CT molecular complexity index is 2400. The van der Waals surface area contributed by atoms with Gasteiger partial charge in [0.2, 0.25) is 23.8 Å². The van der Waals surface area contributed by atoms with Crippen molar-refractivity contribution < 1.29 is 139 Å². The third-order valence-electron chi connectivity index (χ3n) is 13.5. The largest absolute Gasteiger partial charge is 0.508 e. The summed E-state index contributed by atoms with van der Waals surface area (Å²) >= 11 is 0. The van der Waals surface area contributed by atoms with Crippen LogP contribution < -0.4 is 14.9 Å². The van der Waals surface area contributed by atoms with Gasteiger partial charge in [0, 0.05) is 17.7 Å². The van der Waals surface area contributed by atoms with Gasteiger partial charge >= 0.3 is 0 Å². The van der Waals surface area contributed by atoms with Gasteiger partial charge in [0.15, 0.2) is 30.7 Å². The molecule has 6 heterocycles. The van der Waals surface area contributed by atoms with Crippen molar-refractivity contribution in [2.45, 2.75) is 167 Å². The number of aliphatic hydroxyl groups excluding tert-OH is 15. The molecular weight excluding hydrogens is 1000 g/mol. The summed E-state index contributed by atoms with van der Waals surface area (Å²) in [6.45, 7) is -0.176. The molecule has 29 nitrogen and oxygen atoms in total. The highest BCUT2D eigenvalue weighted by atomic mass is 16.8. The maximum Gasteiger partial charge on any atom is 0.239 e. The van der Waals surface area contributed by atoms with Gasteiger partial charge in [-0.1, -0.05) is 0 Å². The fourth-order valence-corrected chi connectivity index (χ4v) is 9.16.